The van der Waals surface area contributed by atoms with Gasteiger partial charge >= 0.3 is 0 Å². The smallest absolute Gasteiger partial charge is 0.215 e. The van der Waals surface area contributed by atoms with Crippen LogP contribution in [-0.4, -0.2) is 15.5 Å². The monoisotopic (exact) mass is 346 g/mol. The molecule has 0 aromatic heterocycles. The summed E-state index contributed by atoms with van der Waals surface area (Å²) in [6.07, 6.45) is 0. The normalized spacial score (nSPS) is 13.0. The lowest BCUT2D eigenvalue weighted by Crippen LogP contribution is -2.20. The number of rotatable bonds is 7. The van der Waals surface area contributed by atoms with E-state index in [1.54, 1.807) is 0 Å². The molecule has 2 N–H and O–H groups in total. The second-order valence-corrected chi connectivity index (χ2v) is 8.10. The summed E-state index contributed by atoms with van der Waals surface area (Å²) >= 11 is 0. The van der Waals surface area contributed by atoms with Crippen LogP contribution in [0.1, 0.15) is 40.8 Å². The Morgan fingerprint density at radius 3 is 2.25 bits per heavy atom. The van der Waals surface area contributed by atoms with Gasteiger partial charge in [-0.05, 0) is 55.6 Å². The van der Waals surface area contributed by atoms with Crippen LogP contribution >= 0.6 is 0 Å². The van der Waals surface area contributed by atoms with Gasteiger partial charge in [0.05, 0.1) is 5.75 Å². The van der Waals surface area contributed by atoms with Crippen LogP contribution in [0, 0.1) is 13.8 Å². The number of hydrogen-bond acceptors (Lipinski definition) is 3. The number of benzene rings is 2. The van der Waals surface area contributed by atoms with Gasteiger partial charge in [0.15, 0.2) is 0 Å². The highest BCUT2D eigenvalue weighted by atomic mass is 32.2. The molecule has 5 heteroatoms. The standard InChI is InChI=1S/C19H26N2O2S/c1-14-6-5-7-19(15(14)2)16(3)21-12-17-8-10-18(11-9-17)13-24(22,23)20-4/h5-11,16,20-21H,12-13H2,1-4H3. The highest BCUT2D eigenvalue weighted by molar-refractivity contribution is 7.88. The number of hydrogen-bond donors (Lipinski definition) is 2. The predicted molar refractivity (Wildman–Crippen MR) is 99.3 cm³/mol. The molecule has 2 aromatic rings. The van der Waals surface area contributed by atoms with Crippen LogP contribution in [0.5, 0.6) is 0 Å². The summed E-state index contributed by atoms with van der Waals surface area (Å²) < 4.78 is 25.5. The van der Waals surface area contributed by atoms with E-state index in [0.717, 1.165) is 17.7 Å². The Morgan fingerprint density at radius 2 is 1.62 bits per heavy atom. The van der Waals surface area contributed by atoms with Crippen molar-refractivity contribution in [1.82, 2.24) is 10.0 Å². The molecule has 4 nitrogen and oxygen atoms in total. The number of nitrogens with one attached hydrogen (secondary N) is 2. The van der Waals surface area contributed by atoms with E-state index in [9.17, 15) is 8.42 Å². The minimum absolute atomic E-state index is 0.0100. The summed E-state index contributed by atoms with van der Waals surface area (Å²) in [6.45, 7) is 7.19. The first kappa shape index (κ1) is 18.6. The van der Waals surface area contributed by atoms with Crippen LogP contribution in [-0.2, 0) is 22.3 Å². The quantitative estimate of drug-likeness (QED) is 0.809. The van der Waals surface area contributed by atoms with Crippen LogP contribution in [0.15, 0.2) is 42.5 Å². The largest absolute Gasteiger partial charge is 0.306 e. The minimum Gasteiger partial charge on any atom is -0.306 e. The zero-order valence-electron chi connectivity index (χ0n) is 14.8. The Hall–Kier alpha value is -1.69. The van der Waals surface area contributed by atoms with Crippen molar-refractivity contribution in [1.29, 1.82) is 0 Å². The van der Waals surface area contributed by atoms with Crippen LogP contribution < -0.4 is 10.0 Å². The molecule has 0 aliphatic heterocycles. The van der Waals surface area contributed by atoms with Gasteiger partial charge in [-0.1, -0.05) is 42.5 Å². The molecular weight excluding hydrogens is 320 g/mol. The molecule has 2 rings (SSSR count). The van der Waals surface area contributed by atoms with E-state index in [0.29, 0.717) is 0 Å². The minimum atomic E-state index is -3.22. The average molecular weight is 346 g/mol. The fraction of sp³-hybridized carbons (Fsp3) is 0.368. The first-order valence-corrected chi connectivity index (χ1v) is 9.76. The Labute approximate surface area is 145 Å². The van der Waals surface area contributed by atoms with Gasteiger partial charge in [-0.25, -0.2) is 13.1 Å². The maximum atomic E-state index is 11.6. The van der Waals surface area contributed by atoms with Crippen molar-refractivity contribution in [3.63, 3.8) is 0 Å². The highest BCUT2D eigenvalue weighted by Crippen LogP contribution is 2.20. The van der Waals surface area contributed by atoms with Gasteiger partial charge in [0.25, 0.3) is 0 Å². The molecule has 0 spiro atoms. The van der Waals surface area contributed by atoms with Gasteiger partial charge in [0, 0.05) is 12.6 Å². The summed E-state index contributed by atoms with van der Waals surface area (Å²) in [6, 6.07) is 14.3. The van der Waals surface area contributed by atoms with Crippen LogP contribution in [0.3, 0.4) is 0 Å². The summed E-state index contributed by atoms with van der Waals surface area (Å²) in [5, 5.41) is 3.53. The van der Waals surface area contributed by atoms with E-state index in [1.807, 2.05) is 24.3 Å². The Bertz CT molecular complexity index is 784. The fourth-order valence-corrected chi connectivity index (χ4v) is 3.44. The van der Waals surface area contributed by atoms with Crippen molar-refractivity contribution in [2.75, 3.05) is 7.05 Å². The van der Waals surface area contributed by atoms with Gasteiger partial charge in [0.1, 0.15) is 0 Å². The molecule has 0 heterocycles. The SMILES string of the molecule is CNS(=O)(=O)Cc1ccc(CNC(C)c2cccc(C)c2C)cc1. The van der Waals surface area contributed by atoms with E-state index in [2.05, 4.69) is 49.0 Å². The molecule has 0 saturated heterocycles. The third kappa shape index (κ3) is 4.90. The third-order valence-corrected chi connectivity index (χ3v) is 5.75. The Morgan fingerprint density at radius 1 is 1.00 bits per heavy atom. The van der Waals surface area contributed by atoms with E-state index in [-0.39, 0.29) is 11.8 Å². The molecule has 1 atom stereocenters. The Balaban J connectivity index is 1.98. The lowest BCUT2D eigenvalue weighted by Gasteiger charge is -2.18. The summed E-state index contributed by atoms with van der Waals surface area (Å²) in [4.78, 5) is 0. The molecule has 0 radical (unpaired) electrons. The summed E-state index contributed by atoms with van der Waals surface area (Å²) in [5.74, 6) is 0.0100. The van der Waals surface area contributed by atoms with Gasteiger partial charge in [-0.2, -0.15) is 0 Å². The maximum absolute atomic E-state index is 11.6. The summed E-state index contributed by atoms with van der Waals surface area (Å²) in [7, 11) is -1.79. The van der Waals surface area contributed by atoms with Crippen molar-refractivity contribution in [2.24, 2.45) is 0 Å². The van der Waals surface area contributed by atoms with E-state index < -0.39 is 10.0 Å². The van der Waals surface area contributed by atoms with Gasteiger partial charge < -0.3 is 5.32 Å². The van der Waals surface area contributed by atoms with Crippen molar-refractivity contribution in [3.05, 3.63) is 70.3 Å². The topological polar surface area (TPSA) is 58.2 Å². The van der Waals surface area contributed by atoms with Crippen molar-refractivity contribution >= 4 is 10.0 Å². The molecule has 0 aliphatic rings. The number of sulfonamides is 1. The average Bonchev–Trinajstić information content (AvgIpc) is 2.56. The van der Waals surface area contributed by atoms with E-state index >= 15 is 0 Å². The zero-order valence-corrected chi connectivity index (χ0v) is 15.6. The first-order chi connectivity index (χ1) is 11.3. The van der Waals surface area contributed by atoms with Gasteiger partial charge in [0.2, 0.25) is 10.0 Å². The molecule has 130 valence electrons. The second kappa shape index (κ2) is 7.92. The molecule has 0 aliphatic carbocycles. The molecule has 1 unspecified atom stereocenters. The molecule has 24 heavy (non-hydrogen) atoms. The van der Waals surface area contributed by atoms with Gasteiger partial charge in [-0.3, -0.25) is 0 Å². The summed E-state index contributed by atoms with van der Waals surface area (Å²) in [5.41, 5.74) is 5.86. The molecule has 0 fully saturated rings. The van der Waals surface area contributed by atoms with Crippen molar-refractivity contribution < 1.29 is 8.42 Å². The number of aryl methyl sites for hydroxylation is 1. The second-order valence-electron chi connectivity index (χ2n) is 6.17. The molecule has 0 saturated carbocycles. The van der Waals surface area contributed by atoms with E-state index in [4.69, 9.17) is 0 Å². The predicted octanol–water partition coefficient (Wildman–Crippen LogP) is 3.20. The molecular formula is C19H26N2O2S. The van der Waals surface area contributed by atoms with Gasteiger partial charge in [-0.15, -0.1) is 0 Å². The molecule has 0 bridgehead atoms. The molecule has 0 amide bonds. The van der Waals surface area contributed by atoms with Crippen LogP contribution in [0.4, 0.5) is 0 Å². The lowest BCUT2D eigenvalue weighted by molar-refractivity contribution is 0.571. The highest BCUT2D eigenvalue weighted by Gasteiger charge is 2.10. The lowest BCUT2D eigenvalue weighted by atomic mass is 9.98. The van der Waals surface area contributed by atoms with E-state index in [1.165, 1.54) is 23.7 Å². The zero-order chi connectivity index (χ0) is 17.7. The fourth-order valence-electron chi connectivity index (χ4n) is 2.67. The molecule has 2 aromatic carbocycles. The van der Waals surface area contributed by atoms with Crippen LogP contribution in [0.25, 0.3) is 0 Å². The Kier molecular flexibility index (Phi) is 6.15. The first-order valence-electron chi connectivity index (χ1n) is 8.11. The third-order valence-electron chi connectivity index (χ3n) is 4.42. The maximum Gasteiger partial charge on any atom is 0.215 e. The van der Waals surface area contributed by atoms with Crippen molar-refractivity contribution in [3.8, 4) is 0 Å². The van der Waals surface area contributed by atoms with Crippen LogP contribution in [0.2, 0.25) is 0 Å². The van der Waals surface area contributed by atoms with Crippen molar-refractivity contribution in [2.45, 2.75) is 39.1 Å².